The number of piperidine rings is 1. The summed E-state index contributed by atoms with van der Waals surface area (Å²) in [4.78, 5) is 23.0. The summed E-state index contributed by atoms with van der Waals surface area (Å²) in [6.07, 6.45) is 6.60. The Morgan fingerprint density at radius 1 is 1.46 bits per heavy atom. The van der Waals surface area contributed by atoms with Gasteiger partial charge in [0.25, 0.3) is 0 Å². The number of halogens is 1. The van der Waals surface area contributed by atoms with Crippen molar-refractivity contribution in [2.24, 2.45) is 10.4 Å². The molecule has 2 aromatic heterocycles. The first-order chi connectivity index (χ1) is 12.6. The molecule has 0 radical (unpaired) electrons. The molecule has 0 aliphatic carbocycles. The van der Waals surface area contributed by atoms with Gasteiger partial charge in [-0.3, -0.25) is 9.79 Å². The van der Waals surface area contributed by atoms with Gasteiger partial charge in [0.1, 0.15) is 5.65 Å². The molecule has 138 valence electrons. The van der Waals surface area contributed by atoms with Gasteiger partial charge in [0.05, 0.1) is 17.3 Å². The number of pyridine rings is 1. The molecule has 0 aromatic carbocycles. The number of aliphatic imine (C=N–C) groups is 1. The molecule has 2 fully saturated rings. The third kappa shape index (κ3) is 3.35. The average molecular weight is 375 g/mol. The van der Waals surface area contributed by atoms with Gasteiger partial charge in [-0.25, -0.2) is 4.98 Å². The maximum absolute atomic E-state index is 11.7. The van der Waals surface area contributed by atoms with Crippen LogP contribution in [0.1, 0.15) is 25.0 Å². The maximum atomic E-state index is 11.7. The van der Waals surface area contributed by atoms with Gasteiger partial charge < -0.3 is 19.9 Å². The first kappa shape index (κ1) is 17.1. The molecule has 26 heavy (non-hydrogen) atoms. The van der Waals surface area contributed by atoms with Crippen molar-refractivity contribution in [1.82, 2.24) is 24.9 Å². The van der Waals surface area contributed by atoms with E-state index in [-0.39, 0.29) is 11.3 Å². The Bertz CT molecular complexity index is 862. The van der Waals surface area contributed by atoms with Gasteiger partial charge in [-0.15, -0.1) is 0 Å². The Balaban J connectivity index is 1.43. The van der Waals surface area contributed by atoms with Gasteiger partial charge in [0.15, 0.2) is 5.96 Å². The molecule has 1 unspecified atom stereocenters. The van der Waals surface area contributed by atoms with Crippen LogP contribution in [-0.4, -0.2) is 52.8 Å². The van der Waals surface area contributed by atoms with Gasteiger partial charge in [-0.05, 0) is 25.0 Å². The Morgan fingerprint density at radius 2 is 2.35 bits per heavy atom. The number of hydrogen-bond donors (Lipinski definition) is 2. The topological polar surface area (TPSA) is 74.0 Å². The zero-order valence-electron chi connectivity index (χ0n) is 14.8. The number of carbonyl (C=O) groups excluding carboxylic acids is 1. The van der Waals surface area contributed by atoms with Crippen molar-refractivity contribution < 1.29 is 4.79 Å². The fourth-order valence-electron chi connectivity index (χ4n) is 4.03. The smallest absolute Gasteiger partial charge is 0.220 e. The fraction of sp³-hybridized carbons (Fsp3) is 0.500. The van der Waals surface area contributed by atoms with E-state index in [1.807, 2.05) is 28.9 Å². The lowest BCUT2D eigenvalue weighted by Gasteiger charge is -2.40. The third-order valence-corrected chi connectivity index (χ3v) is 5.48. The van der Waals surface area contributed by atoms with Crippen LogP contribution >= 0.6 is 11.6 Å². The lowest BCUT2D eigenvalue weighted by molar-refractivity contribution is -0.119. The molecule has 4 rings (SSSR count). The van der Waals surface area contributed by atoms with E-state index in [9.17, 15) is 4.79 Å². The van der Waals surface area contributed by atoms with Gasteiger partial charge in [0, 0.05) is 50.9 Å². The van der Waals surface area contributed by atoms with Gasteiger partial charge in [0.2, 0.25) is 5.91 Å². The highest BCUT2D eigenvalue weighted by Gasteiger charge is 2.42. The van der Waals surface area contributed by atoms with Gasteiger partial charge in [-0.1, -0.05) is 11.6 Å². The molecule has 2 aliphatic rings. The van der Waals surface area contributed by atoms with Crippen molar-refractivity contribution in [3.8, 4) is 0 Å². The highest BCUT2D eigenvalue weighted by Crippen LogP contribution is 2.35. The summed E-state index contributed by atoms with van der Waals surface area (Å²) in [5.74, 6) is 1.02. The second-order valence-corrected chi connectivity index (χ2v) is 7.66. The van der Waals surface area contributed by atoms with E-state index in [1.165, 1.54) is 0 Å². The van der Waals surface area contributed by atoms with Crippen LogP contribution in [-0.2, 0) is 11.3 Å². The van der Waals surface area contributed by atoms with Crippen LogP contribution in [0.15, 0.2) is 29.5 Å². The van der Waals surface area contributed by atoms with E-state index in [0.717, 1.165) is 49.8 Å². The number of hydrogen-bond acceptors (Lipinski definition) is 3. The van der Waals surface area contributed by atoms with E-state index in [0.29, 0.717) is 18.0 Å². The summed E-state index contributed by atoms with van der Waals surface area (Å²) in [5.41, 5.74) is 1.85. The second kappa shape index (κ2) is 6.79. The summed E-state index contributed by atoms with van der Waals surface area (Å²) >= 11 is 6.03. The van der Waals surface area contributed by atoms with E-state index in [1.54, 1.807) is 7.05 Å². The highest BCUT2D eigenvalue weighted by molar-refractivity contribution is 6.30. The van der Waals surface area contributed by atoms with Crippen molar-refractivity contribution in [3.05, 3.63) is 35.2 Å². The van der Waals surface area contributed by atoms with Crippen molar-refractivity contribution in [2.45, 2.75) is 25.8 Å². The number of aromatic nitrogens is 2. The maximum Gasteiger partial charge on any atom is 0.220 e. The molecule has 0 bridgehead atoms. The van der Waals surface area contributed by atoms with Crippen molar-refractivity contribution in [3.63, 3.8) is 0 Å². The largest absolute Gasteiger partial charge is 0.355 e. The molecule has 1 amide bonds. The number of nitrogens with one attached hydrogen (secondary N) is 2. The summed E-state index contributed by atoms with van der Waals surface area (Å²) < 4.78 is 1.92. The minimum absolute atomic E-state index is 0.0484. The third-order valence-electron chi connectivity index (χ3n) is 5.26. The number of imidazole rings is 1. The molecule has 2 aromatic rings. The minimum Gasteiger partial charge on any atom is -0.355 e. The number of nitrogens with zero attached hydrogens (tertiary/aromatic N) is 4. The Morgan fingerprint density at radius 3 is 3.12 bits per heavy atom. The summed E-state index contributed by atoms with van der Waals surface area (Å²) in [7, 11) is 1.80. The minimum atomic E-state index is 0.0484. The van der Waals surface area contributed by atoms with Crippen molar-refractivity contribution in [2.75, 3.05) is 26.7 Å². The quantitative estimate of drug-likeness (QED) is 0.619. The van der Waals surface area contributed by atoms with E-state index < -0.39 is 0 Å². The van der Waals surface area contributed by atoms with Crippen LogP contribution in [0.3, 0.4) is 0 Å². The standard InChI is InChI=1S/C18H23ClN6O/c1-20-17(24-6-2-5-18(12-24)7-16(26)22-11-18)21-8-14-10-25-9-13(19)3-4-15(25)23-14/h3-4,9-10H,2,5-8,11-12H2,1H3,(H,20,21)(H,22,26). The molecule has 4 heterocycles. The molecule has 2 N–H and O–H groups in total. The predicted molar refractivity (Wildman–Crippen MR) is 101 cm³/mol. The van der Waals surface area contributed by atoms with Crippen LogP contribution in [0, 0.1) is 5.41 Å². The number of amides is 1. The zero-order chi connectivity index (χ0) is 18.1. The SMILES string of the molecule is CN=C(NCc1cn2cc(Cl)ccc2n1)N1CCCC2(CNC(=O)C2)C1. The lowest BCUT2D eigenvalue weighted by Crippen LogP contribution is -2.51. The molecular formula is C18H23ClN6O. The zero-order valence-corrected chi connectivity index (χ0v) is 15.6. The van der Waals surface area contributed by atoms with Crippen molar-refractivity contribution in [1.29, 1.82) is 0 Å². The predicted octanol–water partition coefficient (Wildman–Crippen LogP) is 1.67. The lowest BCUT2D eigenvalue weighted by atomic mass is 9.79. The summed E-state index contributed by atoms with van der Waals surface area (Å²) in [6.45, 7) is 3.17. The van der Waals surface area contributed by atoms with E-state index in [4.69, 9.17) is 11.6 Å². The molecular weight excluding hydrogens is 352 g/mol. The van der Waals surface area contributed by atoms with Crippen LogP contribution in [0.2, 0.25) is 5.02 Å². The first-order valence-corrected chi connectivity index (χ1v) is 9.30. The first-order valence-electron chi connectivity index (χ1n) is 8.92. The number of fused-ring (bicyclic) bond motifs is 1. The number of carbonyl (C=O) groups is 1. The van der Waals surface area contributed by atoms with Crippen LogP contribution in [0.4, 0.5) is 0 Å². The van der Waals surface area contributed by atoms with Crippen molar-refractivity contribution >= 4 is 29.1 Å². The highest BCUT2D eigenvalue weighted by atomic mass is 35.5. The molecule has 1 spiro atoms. The number of rotatable bonds is 2. The second-order valence-electron chi connectivity index (χ2n) is 7.22. The van der Waals surface area contributed by atoms with E-state index >= 15 is 0 Å². The van der Waals surface area contributed by atoms with E-state index in [2.05, 4.69) is 25.5 Å². The van der Waals surface area contributed by atoms with Gasteiger partial charge in [-0.2, -0.15) is 0 Å². The van der Waals surface area contributed by atoms with Crippen LogP contribution in [0.5, 0.6) is 0 Å². The van der Waals surface area contributed by atoms with Crippen LogP contribution in [0.25, 0.3) is 5.65 Å². The normalized spacial score (nSPS) is 23.7. The molecule has 7 nitrogen and oxygen atoms in total. The van der Waals surface area contributed by atoms with Crippen LogP contribution < -0.4 is 10.6 Å². The Kier molecular flexibility index (Phi) is 4.48. The summed E-state index contributed by atoms with van der Waals surface area (Å²) in [5, 5.41) is 7.08. The summed E-state index contributed by atoms with van der Waals surface area (Å²) in [6, 6.07) is 3.74. The number of likely N-dealkylation sites (tertiary alicyclic amines) is 1. The molecule has 8 heteroatoms. The molecule has 2 aliphatic heterocycles. The van der Waals surface area contributed by atoms with Gasteiger partial charge >= 0.3 is 0 Å². The average Bonchev–Trinajstić information content (AvgIpc) is 3.18. The molecule has 2 saturated heterocycles. The Labute approximate surface area is 157 Å². The molecule has 1 atom stereocenters. The molecule has 0 saturated carbocycles. The fourth-order valence-corrected chi connectivity index (χ4v) is 4.20. The Hall–Kier alpha value is -2.28. The number of guanidine groups is 1. The monoisotopic (exact) mass is 374 g/mol.